The Bertz CT molecular complexity index is 410. The van der Waals surface area contributed by atoms with Crippen molar-refractivity contribution in [3.05, 3.63) is 5.69 Å². The van der Waals surface area contributed by atoms with E-state index in [1.54, 1.807) is 0 Å². The average molecular weight is 222 g/mol. The van der Waals surface area contributed by atoms with Gasteiger partial charge in [0.05, 0.1) is 5.69 Å². The van der Waals surface area contributed by atoms with Crippen LogP contribution < -0.4 is 10.2 Å². The van der Waals surface area contributed by atoms with E-state index in [1.165, 1.54) is 0 Å². The first-order valence-electron chi connectivity index (χ1n) is 5.78. The Kier molecular flexibility index (Phi) is 2.85. The van der Waals surface area contributed by atoms with Crippen molar-refractivity contribution in [1.29, 1.82) is 0 Å². The highest BCUT2D eigenvalue weighted by molar-refractivity contribution is 5.96. The van der Waals surface area contributed by atoms with Gasteiger partial charge in [-0.15, -0.1) is 0 Å². The molecule has 2 rings (SSSR count). The molecule has 0 bridgehead atoms. The number of nitrogens with zero attached hydrogens (tertiary/aromatic N) is 3. The summed E-state index contributed by atoms with van der Waals surface area (Å²) >= 11 is 0. The maximum absolute atomic E-state index is 11.6. The average Bonchev–Trinajstić information content (AvgIpc) is 2.47. The highest BCUT2D eigenvalue weighted by atomic mass is 16.1. The molecule has 0 saturated heterocycles. The minimum absolute atomic E-state index is 0.0832. The van der Waals surface area contributed by atoms with Gasteiger partial charge in [-0.25, -0.2) is 0 Å². The van der Waals surface area contributed by atoms with Crippen molar-refractivity contribution < 1.29 is 4.79 Å². The molecular formula is C11H18N4O. The van der Waals surface area contributed by atoms with Crippen LogP contribution in [0.1, 0.15) is 26.0 Å². The second-order valence-corrected chi connectivity index (χ2v) is 4.00. The lowest BCUT2D eigenvalue weighted by Crippen LogP contribution is -2.26. The van der Waals surface area contributed by atoms with Crippen molar-refractivity contribution in [2.45, 2.75) is 26.7 Å². The number of hydrogen-bond acceptors (Lipinski definition) is 3. The van der Waals surface area contributed by atoms with Crippen LogP contribution in [0.5, 0.6) is 0 Å². The zero-order chi connectivity index (χ0) is 11.7. The Hall–Kier alpha value is -1.52. The van der Waals surface area contributed by atoms with Crippen LogP contribution in [-0.4, -0.2) is 28.8 Å². The molecule has 2 heterocycles. The SMILES string of the molecule is CCc1nn(C)c2c1NC(=O)CCN2CC. The number of aryl methyl sites for hydroxylation is 2. The molecular weight excluding hydrogens is 204 g/mol. The van der Waals surface area contributed by atoms with E-state index in [2.05, 4.69) is 29.2 Å². The quantitative estimate of drug-likeness (QED) is 0.816. The normalized spacial score (nSPS) is 15.7. The number of rotatable bonds is 2. The Labute approximate surface area is 95.4 Å². The van der Waals surface area contributed by atoms with Gasteiger partial charge in [0.2, 0.25) is 5.91 Å². The van der Waals surface area contributed by atoms with Crippen LogP contribution in [0, 0.1) is 0 Å². The molecule has 1 aliphatic rings. The summed E-state index contributed by atoms with van der Waals surface area (Å²) in [5.41, 5.74) is 1.86. The lowest BCUT2D eigenvalue weighted by Gasteiger charge is -2.20. The minimum atomic E-state index is 0.0832. The van der Waals surface area contributed by atoms with Gasteiger partial charge in [0.15, 0.2) is 5.82 Å². The van der Waals surface area contributed by atoms with Gasteiger partial charge >= 0.3 is 0 Å². The Balaban J connectivity index is 2.51. The maximum Gasteiger partial charge on any atom is 0.226 e. The third-order valence-electron chi connectivity index (χ3n) is 2.98. The summed E-state index contributed by atoms with van der Waals surface area (Å²) in [6.07, 6.45) is 1.38. The third kappa shape index (κ3) is 1.66. The number of fused-ring (bicyclic) bond motifs is 1. The fourth-order valence-electron chi connectivity index (χ4n) is 2.16. The van der Waals surface area contributed by atoms with E-state index >= 15 is 0 Å². The van der Waals surface area contributed by atoms with Crippen LogP contribution in [-0.2, 0) is 18.3 Å². The van der Waals surface area contributed by atoms with Gasteiger partial charge in [-0.05, 0) is 13.3 Å². The summed E-state index contributed by atoms with van der Waals surface area (Å²) in [5, 5.41) is 7.41. The largest absolute Gasteiger partial charge is 0.355 e. The highest BCUT2D eigenvalue weighted by Crippen LogP contribution is 2.31. The Morgan fingerprint density at radius 1 is 1.44 bits per heavy atom. The maximum atomic E-state index is 11.6. The predicted octanol–water partition coefficient (Wildman–Crippen LogP) is 1.15. The molecule has 0 unspecified atom stereocenters. The summed E-state index contributed by atoms with van der Waals surface area (Å²) in [5.74, 6) is 1.12. The van der Waals surface area contributed by atoms with Crippen molar-refractivity contribution in [2.75, 3.05) is 23.3 Å². The second-order valence-electron chi connectivity index (χ2n) is 4.00. The number of nitrogens with one attached hydrogen (secondary N) is 1. The number of amides is 1. The summed E-state index contributed by atoms with van der Waals surface area (Å²) < 4.78 is 1.86. The minimum Gasteiger partial charge on any atom is -0.355 e. The van der Waals surface area contributed by atoms with Crippen molar-refractivity contribution in [2.24, 2.45) is 7.05 Å². The molecule has 1 amide bonds. The Morgan fingerprint density at radius 2 is 2.19 bits per heavy atom. The lowest BCUT2D eigenvalue weighted by molar-refractivity contribution is -0.115. The topological polar surface area (TPSA) is 50.2 Å². The smallest absolute Gasteiger partial charge is 0.226 e. The fraction of sp³-hybridized carbons (Fsp3) is 0.636. The van der Waals surface area contributed by atoms with Gasteiger partial charge in [-0.3, -0.25) is 9.48 Å². The standard InChI is InChI=1S/C11H18N4O/c1-4-8-10-11(14(3)13-8)15(5-2)7-6-9(16)12-10/h4-7H2,1-3H3,(H,12,16). The zero-order valence-corrected chi connectivity index (χ0v) is 10.1. The third-order valence-corrected chi connectivity index (χ3v) is 2.98. The van der Waals surface area contributed by atoms with E-state index < -0.39 is 0 Å². The van der Waals surface area contributed by atoms with Crippen LogP contribution in [0.25, 0.3) is 0 Å². The van der Waals surface area contributed by atoms with Crippen molar-refractivity contribution in [3.8, 4) is 0 Å². The van der Waals surface area contributed by atoms with Crippen LogP contribution in [0.4, 0.5) is 11.5 Å². The van der Waals surface area contributed by atoms with Gasteiger partial charge in [-0.1, -0.05) is 6.92 Å². The molecule has 0 radical (unpaired) electrons. The van der Waals surface area contributed by atoms with Crippen molar-refractivity contribution >= 4 is 17.4 Å². The molecule has 5 nitrogen and oxygen atoms in total. The lowest BCUT2D eigenvalue weighted by atomic mass is 10.3. The molecule has 88 valence electrons. The highest BCUT2D eigenvalue weighted by Gasteiger charge is 2.24. The number of carbonyl (C=O) groups is 1. The molecule has 0 aromatic carbocycles. The molecule has 1 aromatic heterocycles. The molecule has 1 aliphatic heterocycles. The molecule has 0 aliphatic carbocycles. The molecule has 0 saturated carbocycles. The summed E-state index contributed by atoms with van der Waals surface area (Å²) in [6.45, 7) is 5.80. The summed E-state index contributed by atoms with van der Waals surface area (Å²) in [6, 6.07) is 0. The van der Waals surface area contributed by atoms with E-state index in [0.717, 1.165) is 36.7 Å². The first-order valence-corrected chi connectivity index (χ1v) is 5.78. The first kappa shape index (κ1) is 11.0. The number of aromatic nitrogens is 2. The monoisotopic (exact) mass is 222 g/mol. The molecule has 0 spiro atoms. The molecule has 16 heavy (non-hydrogen) atoms. The van der Waals surface area contributed by atoms with Crippen molar-refractivity contribution in [3.63, 3.8) is 0 Å². The van der Waals surface area contributed by atoms with E-state index in [9.17, 15) is 4.79 Å². The van der Waals surface area contributed by atoms with Gasteiger partial charge in [-0.2, -0.15) is 5.10 Å². The predicted molar refractivity (Wildman–Crippen MR) is 63.7 cm³/mol. The molecule has 1 aromatic rings. The van der Waals surface area contributed by atoms with E-state index in [1.807, 2.05) is 11.7 Å². The van der Waals surface area contributed by atoms with Gasteiger partial charge in [0.25, 0.3) is 0 Å². The molecule has 0 fully saturated rings. The van der Waals surface area contributed by atoms with Crippen LogP contribution >= 0.6 is 0 Å². The fourth-order valence-corrected chi connectivity index (χ4v) is 2.16. The van der Waals surface area contributed by atoms with E-state index in [0.29, 0.717) is 6.42 Å². The van der Waals surface area contributed by atoms with Crippen LogP contribution in [0.2, 0.25) is 0 Å². The van der Waals surface area contributed by atoms with E-state index in [-0.39, 0.29) is 5.91 Å². The number of carbonyl (C=O) groups excluding carboxylic acids is 1. The van der Waals surface area contributed by atoms with Crippen LogP contribution in [0.3, 0.4) is 0 Å². The first-order chi connectivity index (χ1) is 7.67. The molecule has 5 heteroatoms. The Morgan fingerprint density at radius 3 is 2.81 bits per heavy atom. The van der Waals surface area contributed by atoms with Gasteiger partial charge in [0.1, 0.15) is 5.69 Å². The van der Waals surface area contributed by atoms with Crippen LogP contribution in [0.15, 0.2) is 0 Å². The zero-order valence-electron chi connectivity index (χ0n) is 10.1. The van der Waals surface area contributed by atoms with Crippen molar-refractivity contribution in [1.82, 2.24) is 9.78 Å². The molecule has 1 N–H and O–H groups in total. The number of hydrogen-bond donors (Lipinski definition) is 1. The van der Waals surface area contributed by atoms with Gasteiger partial charge in [0, 0.05) is 26.6 Å². The van der Waals surface area contributed by atoms with E-state index in [4.69, 9.17) is 0 Å². The molecule has 0 atom stereocenters. The van der Waals surface area contributed by atoms with Gasteiger partial charge < -0.3 is 10.2 Å². The number of anilines is 2. The summed E-state index contributed by atoms with van der Waals surface area (Å²) in [4.78, 5) is 13.8. The second kappa shape index (κ2) is 4.15. The summed E-state index contributed by atoms with van der Waals surface area (Å²) in [7, 11) is 1.93.